The lowest BCUT2D eigenvalue weighted by atomic mass is 9.92. The number of nitrogens with zero attached hydrogens (tertiary/aromatic N) is 1. The minimum Gasteiger partial charge on any atom is -0.480 e. The molecule has 0 bridgehead atoms. The Labute approximate surface area is 115 Å². The second-order valence-corrected chi connectivity index (χ2v) is 5.83. The first-order valence-corrected chi connectivity index (χ1v) is 7.22. The third kappa shape index (κ3) is 5.09. The molecule has 3 atom stereocenters. The number of carbonyl (C=O) groups excluding carboxylic acids is 1. The van der Waals surface area contributed by atoms with Crippen LogP contribution in [0.3, 0.4) is 0 Å². The predicted molar refractivity (Wildman–Crippen MR) is 74.0 cm³/mol. The monoisotopic (exact) mass is 270 g/mol. The number of hydrogen-bond acceptors (Lipinski definition) is 2. The lowest BCUT2D eigenvalue weighted by Gasteiger charge is -2.35. The molecule has 5 heteroatoms. The van der Waals surface area contributed by atoms with E-state index in [-0.39, 0.29) is 6.03 Å². The molecular weight excluding hydrogens is 244 g/mol. The zero-order valence-corrected chi connectivity index (χ0v) is 12.2. The van der Waals surface area contributed by atoms with Crippen LogP contribution in [0.4, 0.5) is 4.79 Å². The van der Waals surface area contributed by atoms with Crippen LogP contribution in [0, 0.1) is 11.8 Å². The Morgan fingerprint density at radius 1 is 1.32 bits per heavy atom. The number of amides is 2. The van der Waals surface area contributed by atoms with Gasteiger partial charge in [-0.3, -0.25) is 0 Å². The number of hydrogen-bond donors (Lipinski definition) is 2. The van der Waals surface area contributed by atoms with E-state index in [1.165, 1.54) is 0 Å². The molecule has 0 aromatic heterocycles. The van der Waals surface area contributed by atoms with Gasteiger partial charge in [-0.15, -0.1) is 0 Å². The molecule has 0 radical (unpaired) electrons. The Hall–Kier alpha value is -1.26. The van der Waals surface area contributed by atoms with Gasteiger partial charge in [-0.25, -0.2) is 9.59 Å². The van der Waals surface area contributed by atoms with Crippen LogP contribution < -0.4 is 5.32 Å². The molecule has 1 rings (SSSR count). The Morgan fingerprint density at radius 3 is 2.37 bits per heavy atom. The Bertz CT molecular complexity index is 310. The van der Waals surface area contributed by atoms with Crippen LogP contribution >= 0.6 is 0 Å². The third-order valence-corrected chi connectivity index (χ3v) is 3.60. The number of carboxylic acids is 1. The summed E-state index contributed by atoms with van der Waals surface area (Å²) in [5, 5.41) is 11.8. The highest BCUT2D eigenvalue weighted by atomic mass is 16.4. The lowest BCUT2D eigenvalue weighted by molar-refractivity contribution is -0.139. The SMILES string of the molecule is CCCCC(NC(=O)N1CC(C)CC(C)C1)C(=O)O. The van der Waals surface area contributed by atoms with Crippen molar-refractivity contribution in [3.8, 4) is 0 Å². The minimum atomic E-state index is -0.945. The summed E-state index contributed by atoms with van der Waals surface area (Å²) in [6, 6.07) is -0.998. The highest BCUT2D eigenvalue weighted by molar-refractivity contribution is 5.82. The van der Waals surface area contributed by atoms with E-state index in [2.05, 4.69) is 19.2 Å². The average molecular weight is 270 g/mol. The summed E-state index contributed by atoms with van der Waals surface area (Å²) in [4.78, 5) is 25.0. The molecule has 1 heterocycles. The van der Waals surface area contributed by atoms with Crippen LogP contribution in [0.5, 0.6) is 0 Å². The van der Waals surface area contributed by atoms with Crippen molar-refractivity contribution in [3.63, 3.8) is 0 Å². The van der Waals surface area contributed by atoms with Crippen molar-refractivity contribution in [1.29, 1.82) is 0 Å². The second-order valence-electron chi connectivity index (χ2n) is 5.83. The summed E-state index contributed by atoms with van der Waals surface area (Å²) in [7, 11) is 0. The van der Waals surface area contributed by atoms with E-state index in [1.807, 2.05) is 6.92 Å². The first-order chi connectivity index (χ1) is 8.93. The molecule has 1 saturated heterocycles. The van der Waals surface area contributed by atoms with Crippen LogP contribution in [0.25, 0.3) is 0 Å². The first-order valence-electron chi connectivity index (χ1n) is 7.22. The van der Waals surface area contributed by atoms with Crippen LogP contribution in [-0.2, 0) is 4.79 Å². The fourth-order valence-corrected chi connectivity index (χ4v) is 2.73. The van der Waals surface area contributed by atoms with Crippen molar-refractivity contribution < 1.29 is 14.7 Å². The van der Waals surface area contributed by atoms with Gasteiger partial charge in [0, 0.05) is 13.1 Å². The van der Waals surface area contributed by atoms with Gasteiger partial charge in [-0.2, -0.15) is 0 Å². The van der Waals surface area contributed by atoms with Gasteiger partial charge in [0.1, 0.15) is 6.04 Å². The number of rotatable bonds is 5. The zero-order valence-electron chi connectivity index (χ0n) is 12.2. The van der Waals surface area contributed by atoms with Crippen LogP contribution in [0.2, 0.25) is 0 Å². The van der Waals surface area contributed by atoms with Crippen molar-refractivity contribution in [2.75, 3.05) is 13.1 Å². The quantitative estimate of drug-likeness (QED) is 0.805. The molecule has 2 N–H and O–H groups in total. The zero-order chi connectivity index (χ0) is 14.4. The average Bonchev–Trinajstić information content (AvgIpc) is 2.32. The molecule has 3 unspecified atom stereocenters. The normalized spacial score (nSPS) is 24.9. The molecule has 1 fully saturated rings. The molecule has 110 valence electrons. The van der Waals surface area contributed by atoms with Gasteiger partial charge in [-0.1, -0.05) is 33.6 Å². The van der Waals surface area contributed by atoms with Crippen molar-refractivity contribution >= 4 is 12.0 Å². The molecular formula is C14H26N2O3. The van der Waals surface area contributed by atoms with E-state index in [4.69, 9.17) is 5.11 Å². The Morgan fingerprint density at radius 2 is 1.89 bits per heavy atom. The molecule has 1 aliphatic rings. The second kappa shape index (κ2) is 7.36. The number of likely N-dealkylation sites (tertiary alicyclic amines) is 1. The van der Waals surface area contributed by atoms with Crippen molar-refractivity contribution in [2.24, 2.45) is 11.8 Å². The van der Waals surface area contributed by atoms with E-state index in [0.29, 0.717) is 18.3 Å². The molecule has 19 heavy (non-hydrogen) atoms. The molecule has 0 spiro atoms. The summed E-state index contributed by atoms with van der Waals surface area (Å²) in [5.74, 6) is 0.0155. The topological polar surface area (TPSA) is 69.6 Å². The van der Waals surface area contributed by atoms with E-state index in [1.54, 1.807) is 4.90 Å². The Balaban J connectivity index is 2.53. The maximum Gasteiger partial charge on any atom is 0.326 e. The maximum absolute atomic E-state index is 12.1. The number of urea groups is 1. The summed E-state index contributed by atoms with van der Waals surface area (Å²) >= 11 is 0. The van der Waals surface area contributed by atoms with Gasteiger partial charge < -0.3 is 15.3 Å². The largest absolute Gasteiger partial charge is 0.480 e. The molecule has 0 aromatic carbocycles. The number of piperidine rings is 1. The van der Waals surface area contributed by atoms with Gasteiger partial charge in [0.05, 0.1) is 0 Å². The smallest absolute Gasteiger partial charge is 0.326 e. The van der Waals surface area contributed by atoms with Gasteiger partial charge in [-0.05, 0) is 24.7 Å². The van der Waals surface area contributed by atoms with Crippen LogP contribution in [0.15, 0.2) is 0 Å². The molecule has 2 amide bonds. The van der Waals surface area contributed by atoms with E-state index < -0.39 is 12.0 Å². The number of nitrogens with one attached hydrogen (secondary N) is 1. The lowest BCUT2D eigenvalue weighted by Crippen LogP contribution is -2.52. The first kappa shape index (κ1) is 15.8. The van der Waals surface area contributed by atoms with Gasteiger partial charge in [0.15, 0.2) is 0 Å². The summed E-state index contributed by atoms with van der Waals surface area (Å²) in [6.07, 6.45) is 3.36. The molecule has 0 aromatic rings. The summed E-state index contributed by atoms with van der Waals surface area (Å²) in [5.41, 5.74) is 0. The van der Waals surface area contributed by atoms with Gasteiger partial charge in [0.2, 0.25) is 0 Å². The highest BCUT2D eigenvalue weighted by Gasteiger charge is 2.28. The van der Waals surface area contributed by atoms with Gasteiger partial charge >= 0.3 is 12.0 Å². The third-order valence-electron chi connectivity index (χ3n) is 3.60. The number of unbranched alkanes of at least 4 members (excludes halogenated alkanes) is 1. The van der Waals surface area contributed by atoms with Crippen LogP contribution in [-0.4, -0.2) is 41.1 Å². The fourth-order valence-electron chi connectivity index (χ4n) is 2.73. The van der Waals surface area contributed by atoms with E-state index >= 15 is 0 Å². The highest BCUT2D eigenvalue weighted by Crippen LogP contribution is 2.20. The minimum absolute atomic E-state index is 0.234. The summed E-state index contributed by atoms with van der Waals surface area (Å²) in [6.45, 7) is 7.70. The molecule has 0 saturated carbocycles. The predicted octanol–water partition coefficient (Wildman–Crippen LogP) is 2.32. The van der Waals surface area contributed by atoms with E-state index in [0.717, 1.165) is 32.4 Å². The summed E-state index contributed by atoms with van der Waals surface area (Å²) < 4.78 is 0. The maximum atomic E-state index is 12.1. The molecule has 5 nitrogen and oxygen atoms in total. The number of carboxylic acid groups (broad SMARTS) is 1. The number of aliphatic carboxylic acids is 1. The van der Waals surface area contributed by atoms with Crippen LogP contribution in [0.1, 0.15) is 46.5 Å². The molecule has 1 aliphatic heterocycles. The standard InChI is InChI=1S/C14H26N2O3/c1-4-5-6-12(13(17)18)15-14(19)16-8-10(2)7-11(3)9-16/h10-12H,4-9H2,1-3H3,(H,15,19)(H,17,18). The Kier molecular flexibility index (Phi) is 6.12. The van der Waals surface area contributed by atoms with Crippen molar-refractivity contribution in [3.05, 3.63) is 0 Å². The van der Waals surface area contributed by atoms with E-state index in [9.17, 15) is 9.59 Å². The van der Waals surface area contributed by atoms with Crippen molar-refractivity contribution in [1.82, 2.24) is 10.2 Å². The number of carbonyl (C=O) groups is 2. The molecule has 0 aliphatic carbocycles. The van der Waals surface area contributed by atoms with Crippen molar-refractivity contribution in [2.45, 2.75) is 52.5 Å². The van der Waals surface area contributed by atoms with Gasteiger partial charge in [0.25, 0.3) is 0 Å². The fraction of sp³-hybridized carbons (Fsp3) is 0.857.